The van der Waals surface area contributed by atoms with E-state index < -0.39 is 0 Å². The van der Waals surface area contributed by atoms with Gasteiger partial charge in [0.2, 0.25) is 0 Å². The van der Waals surface area contributed by atoms with Crippen molar-refractivity contribution in [2.75, 3.05) is 0 Å². The number of phenols is 2. The highest BCUT2D eigenvalue weighted by molar-refractivity contribution is 5.95. The largest absolute Gasteiger partial charge is 0.507 e. The van der Waals surface area contributed by atoms with E-state index in [1.54, 1.807) is 24.6 Å². The highest BCUT2D eigenvalue weighted by Crippen LogP contribution is 2.34. The lowest BCUT2D eigenvalue weighted by Crippen LogP contribution is -2.09. The molecule has 0 unspecified atom stereocenters. The zero-order chi connectivity index (χ0) is 27.5. The molecule has 196 valence electrons. The quantitative estimate of drug-likeness (QED) is 0.256. The van der Waals surface area contributed by atoms with Crippen LogP contribution in [0.1, 0.15) is 63.8 Å². The predicted molar refractivity (Wildman–Crippen MR) is 161 cm³/mol. The molecule has 38 heavy (non-hydrogen) atoms. The van der Waals surface area contributed by atoms with E-state index in [1.807, 2.05) is 60.7 Å². The number of hydrogen-bond donors (Lipinski definition) is 2. The Bertz CT molecular complexity index is 1390. The van der Waals surface area contributed by atoms with Crippen LogP contribution in [0.3, 0.4) is 0 Å². The average molecular weight is 507 g/mol. The first-order valence-electron chi connectivity index (χ1n) is 13.1. The Hall–Kier alpha value is -3.92. The van der Waals surface area contributed by atoms with E-state index in [2.05, 4.69) is 41.5 Å². The summed E-state index contributed by atoms with van der Waals surface area (Å²) in [6, 6.07) is 23.5. The van der Waals surface area contributed by atoms with Gasteiger partial charge in [0.1, 0.15) is 11.5 Å². The number of aromatic hydroxyl groups is 2. The normalized spacial score (nSPS) is 12.7. The van der Waals surface area contributed by atoms with E-state index >= 15 is 0 Å². The lowest BCUT2D eigenvalue weighted by Gasteiger charge is -2.18. The Morgan fingerprint density at radius 3 is 1.34 bits per heavy atom. The van der Waals surface area contributed by atoms with Gasteiger partial charge in [-0.05, 0) is 82.0 Å². The summed E-state index contributed by atoms with van der Waals surface area (Å²) in [6.07, 6.45) is 5.20. The van der Waals surface area contributed by atoms with Crippen molar-refractivity contribution in [1.82, 2.24) is 0 Å². The molecule has 4 heteroatoms. The molecule has 0 aliphatic carbocycles. The molecule has 0 saturated carbocycles. The van der Waals surface area contributed by atoms with Crippen molar-refractivity contribution in [2.24, 2.45) is 20.8 Å². The molecule has 2 N–H and O–H groups in total. The number of benzene rings is 4. The maximum Gasteiger partial charge on any atom is 0.124 e. The zero-order valence-electron chi connectivity index (χ0n) is 23.3. The van der Waals surface area contributed by atoms with Gasteiger partial charge < -0.3 is 10.2 Å². The Morgan fingerprint density at radius 2 is 0.974 bits per heavy atom. The molecule has 0 spiro atoms. The molecule has 0 atom stereocenters. The topological polar surface area (TPSA) is 65.2 Å². The third-order valence-corrected chi connectivity index (χ3v) is 6.18. The molecule has 4 aromatic rings. The summed E-state index contributed by atoms with van der Waals surface area (Å²) in [6.45, 7) is 13.2. The van der Waals surface area contributed by atoms with Crippen LogP contribution in [0.5, 0.6) is 11.5 Å². The van der Waals surface area contributed by atoms with Gasteiger partial charge in [-0.1, -0.05) is 77.9 Å². The third kappa shape index (κ3) is 7.32. The van der Waals surface area contributed by atoms with Gasteiger partial charge in [0.25, 0.3) is 0 Å². The lowest BCUT2D eigenvalue weighted by atomic mass is 9.87. The van der Waals surface area contributed by atoms with Gasteiger partial charge in [-0.2, -0.15) is 0 Å². The van der Waals surface area contributed by atoms with Crippen LogP contribution in [0.15, 0.2) is 82.8 Å². The minimum atomic E-state index is 0.140. The van der Waals surface area contributed by atoms with Crippen LogP contribution < -0.4 is 0 Å². The van der Waals surface area contributed by atoms with Crippen molar-refractivity contribution in [3.63, 3.8) is 0 Å². The fraction of sp³-hybridized carbons (Fsp3) is 0.294. The van der Waals surface area contributed by atoms with Crippen molar-refractivity contribution in [3.05, 3.63) is 95.1 Å². The minimum absolute atomic E-state index is 0.140. The molecule has 0 amide bonds. The fourth-order valence-electron chi connectivity index (χ4n) is 4.56. The number of fused-ring (bicyclic) bond motifs is 1. The summed E-state index contributed by atoms with van der Waals surface area (Å²) in [5, 5.41) is 23.1. The monoisotopic (exact) mass is 506 g/mol. The SMILES string of the molecule is CC(C)(C)Cc1ccc(O)c(C=Nc2cc3ccccc3cc2N=Cc2cc(CC(C)(C)C)ccc2O)c1. The molecular weight excluding hydrogens is 468 g/mol. The van der Waals surface area contributed by atoms with Crippen LogP contribution in [0.2, 0.25) is 0 Å². The maximum atomic E-state index is 10.5. The zero-order valence-corrected chi connectivity index (χ0v) is 23.3. The average Bonchev–Trinajstić information content (AvgIpc) is 2.82. The number of aliphatic imine (C=N–C) groups is 2. The van der Waals surface area contributed by atoms with Crippen molar-refractivity contribution >= 4 is 34.6 Å². The lowest BCUT2D eigenvalue weighted by molar-refractivity contribution is 0.410. The van der Waals surface area contributed by atoms with Crippen LogP contribution in [0.25, 0.3) is 10.8 Å². The first kappa shape index (κ1) is 27.1. The highest BCUT2D eigenvalue weighted by Gasteiger charge is 2.14. The predicted octanol–water partition coefficient (Wildman–Crippen LogP) is 8.93. The maximum absolute atomic E-state index is 10.5. The molecule has 0 aliphatic rings. The smallest absolute Gasteiger partial charge is 0.124 e. The van der Waals surface area contributed by atoms with Gasteiger partial charge >= 0.3 is 0 Å². The summed E-state index contributed by atoms with van der Waals surface area (Å²) >= 11 is 0. The van der Waals surface area contributed by atoms with E-state index in [4.69, 9.17) is 9.98 Å². The Balaban J connectivity index is 1.72. The third-order valence-electron chi connectivity index (χ3n) is 6.18. The second kappa shape index (κ2) is 10.8. The van der Waals surface area contributed by atoms with Crippen LogP contribution in [-0.4, -0.2) is 22.6 Å². The van der Waals surface area contributed by atoms with Crippen LogP contribution in [0, 0.1) is 10.8 Å². The molecule has 0 saturated heterocycles. The van der Waals surface area contributed by atoms with Gasteiger partial charge in [0.15, 0.2) is 0 Å². The molecule has 0 aromatic heterocycles. The molecule has 4 rings (SSSR count). The molecule has 0 heterocycles. The van der Waals surface area contributed by atoms with E-state index in [0.717, 1.165) is 34.7 Å². The van der Waals surface area contributed by atoms with Crippen LogP contribution in [0.4, 0.5) is 11.4 Å². The molecule has 4 aromatic carbocycles. The second-order valence-corrected chi connectivity index (χ2v) is 12.5. The molecule has 0 aliphatic heterocycles. The van der Waals surface area contributed by atoms with Crippen molar-refractivity contribution in [1.29, 1.82) is 0 Å². The summed E-state index contributed by atoms with van der Waals surface area (Å²) in [5.74, 6) is 0.385. The molecule has 0 bridgehead atoms. The van der Waals surface area contributed by atoms with Gasteiger partial charge in [-0.15, -0.1) is 0 Å². The van der Waals surface area contributed by atoms with Crippen molar-refractivity contribution < 1.29 is 10.2 Å². The van der Waals surface area contributed by atoms with E-state index in [1.165, 1.54) is 0 Å². The standard InChI is InChI=1S/C34H38N2O2/c1-33(2,3)19-23-11-13-31(37)27(15-23)21-35-29-17-25-9-7-8-10-26(25)18-30(29)36-22-28-16-24(12-14-32(28)38)20-34(4,5)6/h7-18,21-22,37-38H,19-20H2,1-6H3. The number of rotatable bonds is 6. The fourth-order valence-corrected chi connectivity index (χ4v) is 4.56. The molecule has 0 radical (unpaired) electrons. The van der Waals surface area contributed by atoms with Gasteiger partial charge in [0, 0.05) is 23.6 Å². The van der Waals surface area contributed by atoms with E-state index in [-0.39, 0.29) is 22.3 Å². The van der Waals surface area contributed by atoms with Gasteiger partial charge in [-0.3, -0.25) is 9.98 Å². The second-order valence-electron chi connectivity index (χ2n) is 12.5. The summed E-state index contributed by atoms with van der Waals surface area (Å²) < 4.78 is 0. The Labute approximate surface area is 226 Å². The Morgan fingerprint density at radius 1 is 0.579 bits per heavy atom. The van der Waals surface area contributed by atoms with Crippen molar-refractivity contribution in [2.45, 2.75) is 54.4 Å². The number of nitrogens with zero attached hydrogens (tertiary/aromatic N) is 2. The van der Waals surface area contributed by atoms with E-state index in [0.29, 0.717) is 22.5 Å². The van der Waals surface area contributed by atoms with Crippen LogP contribution in [-0.2, 0) is 12.8 Å². The molecular formula is C34H38N2O2. The number of phenolic OH excluding ortho intramolecular Hbond substituents is 2. The van der Waals surface area contributed by atoms with Crippen molar-refractivity contribution in [3.8, 4) is 11.5 Å². The summed E-state index contributed by atoms with van der Waals surface area (Å²) in [7, 11) is 0. The molecule has 4 nitrogen and oxygen atoms in total. The summed E-state index contributed by atoms with van der Waals surface area (Å²) in [4.78, 5) is 9.53. The van der Waals surface area contributed by atoms with Crippen LogP contribution >= 0.6 is 0 Å². The Kier molecular flexibility index (Phi) is 7.73. The highest BCUT2D eigenvalue weighted by atomic mass is 16.3. The van der Waals surface area contributed by atoms with Gasteiger partial charge in [-0.25, -0.2) is 0 Å². The number of hydrogen-bond acceptors (Lipinski definition) is 4. The first-order chi connectivity index (χ1) is 17.9. The van der Waals surface area contributed by atoms with E-state index in [9.17, 15) is 10.2 Å². The van der Waals surface area contributed by atoms with Gasteiger partial charge in [0.05, 0.1) is 11.4 Å². The minimum Gasteiger partial charge on any atom is -0.507 e. The molecule has 0 fully saturated rings. The summed E-state index contributed by atoms with van der Waals surface area (Å²) in [5.41, 5.74) is 5.29. The first-order valence-corrected chi connectivity index (χ1v) is 13.1.